The largest absolute Gasteiger partial charge is 0.329 e. The summed E-state index contributed by atoms with van der Waals surface area (Å²) in [7, 11) is 0. The molecule has 1 fully saturated rings. The third kappa shape index (κ3) is 3.39. The standard InChI is InChI=1S/C20H24N2O/c1-2-17-11-9-10-16-21(17)20(23)22(18-12-5-3-6-13-18)19-14-7-4-8-15-19/h3-8,12-15,17H,2,9-11,16H2,1H3. The molecular formula is C20H24N2O. The lowest BCUT2D eigenvalue weighted by atomic mass is 10.0. The van der Waals surface area contributed by atoms with E-state index in [1.807, 2.05) is 65.6 Å². The highest BCUT2D eigenvalue weighted by Crippen LogP contribution is 2.29. The third-order valence-electron chi connectivity index (χ3n) is 4.56. The number of urea groups is 1. The van der Waals surface area contributed by atoms with Crippen molar-refractivity contribution in [2.45, 2.75) is 38.6 Å². The zero-order chi connectivity index (χ0) is 16.1. The number of hydrogen-bond acceptors (Lipinski definition) is 1. The molecular weight excluding hydrogens is 284 g/mol. The summed E-state index contributed by atoms with van der Waals surface area (Å²) in [5.41, 5.74) is 1.84. The molecule has 3 nitrogen and oxygen atoms in total. The number of piperidine rings is 1. The highest BCUT2D eigenvalue weighted by Gasteiger charge is 2.30. The molecule has 0 bridgehead atoms. The van der Waals surface area contributed by atoms with Crippen molar-refractivity contribution in [3.8, 4) is 0 Å². The maximum atomic E-state index is 13.3. The summed E-state index contributed by atoms with van der Waals surface area (Å²) in [5.74, 6) is 0. The minimum absolute atomic E-state index is 0.0916. The van der Waals surface area contributed by atoms with Crippen LogP contribution < -0.4 is 4.90 Å². The van der Waals surface area contributed by atoms with Gasteiger partial charge in [0.05, 0.1) is 11.4 Å². The minimum Gasteiger partial charge on any atom is -0.321 e. The van der Waals surface area contributed by atoms with E-state index in [2.05, 4.69) is 11.8 Å². The Morgan fingerprint density at radius 2 is 1.57 bits per heavy atom. The lowest BCUT2D eigenvalue weighted by molar-refractivity contribution is 0.157. The number of carbonyl (C=O) groups excluding carboxylic acids is 1. The molecule has 1 aliphatic rings. The molecule has 0 aromatic heterocycles. The van der Waals surface area contributed by atoms with E-state index in [4.69, 9.17) is 0 Å². The first-order valence-electron chi connectivity index (χ1n) is 8.52. The zero-order valence-corrected chi connectivity index (χ0v) is 13.7. The molecule has 0 radical (unpaired) electrons. The summed E-state index contributed by atoms with van der Waals surface area (Å²) in [6.45, 7) is 3.03. The van der Waals surface area contributed by atoms with E-state index in [9.17, 15) is 4.79 Å². The molecule has 1 aliphatic heterocycles. The van der Waals surface area contributed by atoms with Crippen molar-refractivity contribution >= 4 is 17.4 Å². The maximum Gasteiger partial charge on any atom is 0.329 e. The van der Waals surface area contributed by atoms with E-state index >= 15 is 0 Å². The topological polar surface area (TPSA) is 23.6 Å². The molecule has 0 saturated carbocycles. The molecule has 3 heteroatoms. The average molecular weight is 308 g/mol. The molecule has 1 saturated heterocycles. The number of carbonyl (C=O) groups is 1. The lowest BCUT2D eigenvalue weighted by Gasteiger charge is -2.38. The van der Waals surface area contributed by atoms with Gasteiger partial charge >= 0.3 is 6.03 Å². The van der Waals surface area contributed by atoms with Crippen molar-refractivity contribution in [2.75, 3.05) is 11.4 Å². The first-order valence-corrected chi connectivity index (χ1v) is 8.52. The molecule has 3 rings (SSSR count). The Bertz CT molecular complexity index is 587. The Morgan fingerprint density at radius 3 is 2.09 bits per heavy atom. The van der Waals surface area contributed by atoms with Crippen LogP contribution in [0.2, 0.25) is 0 Å². The van der Waals surface area contributed by atoms with E-state index in [-0.39, 0.29) is 6.03 Å². The van der Waals surface area contributed by atoms with E-state index < -0.39 is 0 Å². The number of rotatable bonds is 3. The number of likely N-dealkylation sites (tertiary alicyclic amines) is 1. The van der Waals surface area contributed by atoms with Crippen LogP contribution in [0.3, 0.4) is 0 Å². The van der Waals surface area contributed by atoms with Gasteiger partial charge in [-0.3, -0.25) is 4.90 Å². The third-order valence-corrected chi connectivity index (χ3v) is 4.56. The van der Waals surface area contributed by atoms with Crippen molar-refractivity contribution in [1.82, 2.24) is 4.90 Å². The first kappa shape index (κ1) is 15.6. The second kappa shape index (κ2) is 7.32. The normalized spacial score (nSPS) is 17.8. The van der Waals surface area contributed by atoms with Gasteiger partial charge in [0.25, 0.3) is 0 Å². The van der Waals surface area contributed by atoms with Crippen molar-refractivity contribution in [1.29, 1.82) is 0 Å². The number of nitrogens with zero attached hydrogens (tertiary/aromatic N) is 2. The van der Waals surface area contributed by atoms with Gasteiger partial charge in [-0.05, 0) is 49.9 Å². The summed E-state index contributed by atoms with van der Waals surface area (Å²) < 4.78 is 0. The van der Waals surface area contributed by atoms with Crippen LogP contribution >= 0.6 is 0 Å². The molecule has 120 valence electrons. The van der Waals surface area contributed by atoms with Crippen LogP contribution in [-0.4, -0.2) is 23.5 Å². The van der Waals surface area contributed by atoms with Gasteiger partial charge in [0.1, 0.15) is 0 Å². The van der Waals surface area contributed by atoms with Gasteiger partial charge < -0.3 is 4.90 Å². The number of amides is 2. The van der Waals surface area contributed by atoms with Crippen molar-refractivity contribution in [2.24, 2.45) is 0 Å². The molecule has 1 atom stereocenters. The van der Waals surface area contributed by atoms with Gasteiger partial charge in [-0.15, -0.1) is 0 Å². The van der Waals surface area contributed by atoms with Crippen LogP contribution in [0.15, 0.2) is 60.7 Å². The van der Waals surface area contributed by atoms with Crippen LogP contribution in [0.1, 0.15) is 32.6 Å². The predicted molar refractivity (Wildman–Crippen MR) is 95.1 cm³/mol. The molecule has 0 spiro atoms. The van der Waals surface area contributed by atoms with Crippen LogP contribution in [0, 0.1) is 0 Å². The highest BCUT2D eigenvalue weighted by atomic mass is 16.2. The fourth-order valence-corrected chi connectivity index (χ4v) is 3.33. The minimum atomic E-state index is 0.0916. The summed E-state index contributed by atoms with van der Waals surface area (Å²) in [6, 6.07) is 20.3. The summed E-state index contributed by atoms with van der Waals surface area (Å²) in [6.07, 6.45) is 4.45. The molecule has 0 aliphatic carbocycles. The SMILES string of the molecule is CCC1CCCCN1C(=O)N(c1ccccc1)c1ccccc1. The second-order valence-electron chi connectivity index (χ2n) is 6.04. The fourth-order valence-electron chi connectivity index (χ4n) is 3.33. The van der Waals surface area contributed by atoms with Crippen LogP contribution in [0.25, 0.3) is 0 Å². The first-order chi connectivity index (χ1) is 11.3. The van der Waals surface area contributed by atoms with E-state index in [1.165, 1.54) is 6.42 Å². The highest BCUT2D eigenvalue weighted by molar-refractivity contribution is 5.99. The van der Waals surface area contributed by atoms with Gasteiger partial charge in [0.15, 0.2) is 0 Å². The smallest absolute Gasteiger partial charge is 0.321 e. The molecule has 1 heterocycles. The Balaban J connectivity index is 1.96. The second-order valence-corrected chi connectivity index (χ2v) is 6.04. The van der Waals surface area contributed by atoms with Crippen molar-refractivity contribution < 1.29 is 4.79 Å². The zero-order valence-electron chi connectivity index (χ0n) is 13.7. The van der Waals surface area contributed by atoms with E-state index in [0.29, 0.717) is 6.04 Å². The number of para-hydroxylation sites is 2. The Kier molecular flexibility index (Phi) is 4.96. The number of anilines is 2. The Morgan fingerprint density at radius 1 is 1.00 bits per heavy atom. The Labute approximate surface area is 138 Å². The van der Waals surface area contributed by atoms with Gasteiger partial charge in [-0.1, -0.05) is 43.3 Å². The van der Waals surface area contributed by atoms with Crippen LogP contribution in [-0.2, 0) is 0 Å². The van der Waals surface area contributed by atoms with Gasteiger partial charge in [0.2, 0.25) is 0 Å². The lowest BCUT2D eigenvalue weighted by Crippen LogP contribution is -2.48. The predicted octanol–water partition coefficient (Wildman–Crippen LogP) is 5.21. The van der Waals surface area contributed by atoms with E-state index in [1.54, 1.807) is 0 Å². The molecule has 1 unspecified atom stereocenters. The summed E-state index contributed by atoms with van der Waals surface area (Å²) in [4.78, 5) is 17.2. The van der Waals surface area contributed by atoms with Gasteiger partial charge in [-0.2, -0.15) is 0 Å². The number of hydrogen-bond donors (Lipinski definition) is 0. The van der Waals surface area contributed by atoms with Crippen LogP contribution in [0.4, 0.5) is 16.2 Å². The molecule has 2 aromatic rings. The van der Waals surface area contributed by atoms with Crippen molar-refractivity contribution in [3.05, 3.63) is 60.7 Å². The summed E-state index contributed by atoms with van der Waals surface area (Å²) >= 11 is 0. The molecule has 2 aromatic carbocycles. The molecule has 0 N–H and O–H groups in total. The van der Waals surface area contributed by atoms with Gasteiger partial charge in [0, 0.05) is 12.6 Å². The van der Waals surface area contributed by atoms with Crippen LogP contribution in [0.5, 0.6) is 0 Å². The fraction of sp³-hybridized carbons (Fsp3) is 0.350. The van der Waals surface area contributed by atoms with Gasteiger partial charge in [-0.25, -0.2) is 4.79 Å². The number of benzene rings is 2. The van der Waals surface area contributed by atoms with Crippen molar-refractivity contribution in [3.63, 3.8) is 0 Å². The molecule has 2 amide bonds. The molecule has 23 heavy (non-hydrogen) atoms. The maximum absolute atomic E-state index is 13.3. The monoisotopic (exact) mass is 308 g/mol. The average Bonchev–Trinajstić information content (AvgIpc) is 2.63. The quantitative estimate of drug-likeness (QED) is 0.763. The van der Waals surface area contributed by atoms with E-state index in [0.717, 1.165) is 37.2 Å². The summed E-state index contributed by atoms with van der Waals surface area (Å²) in [5, 5.41) is 0. The Hall–Kier alpha value is -2.29.